The predicted molar refractivity (Wildman–Crippen MR) is 77.8 cm³/mol. The van der Waals surface area contributed by atoms with E-state index in [1.165, 1.54) is 0 Å². The topological polar surface area (TPSA) is 50.4 Å². The first-order valence-electron chi connectivity index (χ1n) is 6.54. The molecule has 0 aromatic heterocycles. The van der Waals surface area contributed by atoms with Gasteiger partial charge in [0.15, 0.2) is 0 Å². The lowest BCUT2D eigenvalue weighted by molar-refractivity contribution is -0.125. The Labute approximate surface area is 122 Å². The van der Waals surface area contributed by atoms with Crippen LogP contribution in [0, 0.1) is 5.92 Å². The Bertz CT molecular complexity index is 422. The van der Waals surface area contributed by atoms with Crippen LogP contribution in [0.15, 0.2) is 28.7 Å². The molecule has 1 aromatic rings. The molecule has 1 fully saturated rings. The number of amides is 1. The molecule has 2 N–H and O–H groups in total. The molecule has 5 heteroatoms. The maximum absolute atomic E-state index is 12.1. The molecule has 0 spiro atoms. The van der Waals surface area contributed by atoms with Crippen LogP contribution in [-0.4, -0.2) is 31.7 Å². The van der Waals surface area contributed by atoms with Crippen molar-refractivity contribution in [2.24, 2.45) is 5.92 Å². The van der Waals surface area contributed by atoms with Crippen molar-refractivity contribution in [1.29, 1.82) is 0 Å². The molecule has 2 rings (SSSR count). The van der Waals surface area contributed by atoms with E-state index >= 15 is 0 Å². The molecular formula is C14H19BrN2O2. The van der Waals surface area contributed by atoms with Crippen molar-refractivity contribution in [2.75, 3.05) is 19.8 Å². The van der Waals surface area contributed by atoms with Crippen LogP contribution < -0.4 is 10.6 Å². The van der Waals surface area contributed by atoms with Gasteiger partial charge in [0.1, 0.15) is 0 Å². The molecule has 1 aliphatic heterocycles. The first-order chi connectivity index (χ1) is 9.20. The van der Waals surface area contributed by atoms with E-state index < -0.39 is 0 Å². The van der Waals surface area contributed by atoms with Gasteiger partial charge >= 0.3 is 0 Å². The number of likely N-dealkylation sites (N-methyl/N-ethyl adjacent to an activating group) is 1. The second kappa shape index (κ2) is 7.03. The maximum Gasteiger partial charge on any atom is 0.227 e. The van der Waals surface area contributed by atoms with E-state index in [1.807, 2.05) is 31.2 Å². The number of hydrogen-bond acceptors (Lipinski definition) is 3. The van der Waals surface area contributed by atoms with E-state index in [9.17, 15) is 4.79 Å². The Morgan fingerprint density at radius 2 is 2.11 bits per heavy atom. The van der Waals surface area contributed by atoms with Crippen LogP contribution in [0.5, 0.6) is 0 Å². The predicted octanol–water partition coefficient (Wildman–Crippen LogP) is 1.69. The third-order valence-electron chi connectivity index (χ3n) is 3.26. The fraction of sp³-hybridized carbons (Fsp3) is 0.500. The Morgan fingerprint density at radius 3 is 2.79 bits per heavy atom. The van der Waals surface area contributed by atoms with Crippen LogP contribution in [0.2, 0.25) is 0 Å². The van der Waals surface area contributed by atoms with Crippen LogP contribution in [0.25, 0.3) is 0 Å². The summed E-state index contributed by atoms with van der Waals surface area (Å²) >= 11 is 3.39. The van der Waals surface area contributed by atoms with Crippen LogP contribution >= 0.6 is 15.9 Å². The van der Waals surface area contributed by atoms with Gasteiger partial charge in [0.05, 0.1) is 19.1 Å². The van der Waals surface area contributed by atoms with Gasteiger partial charge in [0.2, 0.25) is 5.91 Å². The van der Waals surface area contributed by atoms with E-state index in [0.29, 0.717) is 19.8 Å². The van der Waals surface area contributed by atoms with Crippen molar-refractivity contribution in [3.8, 4) is 0 Å². The lowest BCUT2D eigenvalue weighted by Gasteiger charge is -2.17. The van der Waals surface area contributed by atoms with Gasteiger partial charge in [-0.1, -0.05) is 35.0 Å². The highest BCUT2D eigenvalue weighted by Gasteiger charge is 2.33. The van der Waals surface area contributed by atoms with Crippen LogP contribution in [0.1, 0.15) is 12.5 Å². The highest BCUT2D eigenvalue weighted by Crippen LogP contribution is 2.14. The van der Waals surface area contributed by atoms with Crippen LogP contribution in [0.4, 0.5) is 0 Å². The smallest absolute Gasteiger partial charge is 0.227 e. The Morgan fingerprint density at radius 1 is 1.37 bits per heavy atom. The monoisotopic (exact) mass is 326 g/mol. The summed E-state index contributed by atoms with van der Waals surface area (Å²) in [6.07, 6.45) is 0. The molecule has 0 saturated carbocycles. The number of benzene rings is 1. The molecule has 19 heavy (non-hydrogen) atoms. The minimum absolute atomic E-state index is 0.0615. The Balaban J connectivity index is 1.85. The fourth-order valence-corrected chi connectivity index (χ4v) is 2.46. The molecule has 104 valence electrons. The van der Waals surface area contributed by atoms with Crippen LogP contribution in [-0.2, 0) is 16.1 Å². The first-order valence-corrected chi connectivity index (χ1v) is 7.33. The van der Waals surface area contributed by atoms with Gasteiger partial charge in [0.25, 0.3) is 0 Å². The normalized spacial score (nSPS) is 22.4. The number of nitrogens with one attached hydrogen (secondary N) is 2. The summed E-state index contributed by atoms with van der Waals surface area (Å²) in [6, 6.07) is 8.08. The van der Waals surface area contributed by atoms with Gasteiger partial charge < -0.3 is 15.4 Å². The first kappa shape index (κ1) is 14.5. The Kier molecular flexibility index (Phi) is 5.36. The lowest BCUT2D eigenvalue weighted by Crippen LogP contribution is -2.43. The molecule has 0 bridgehead atoms. The molecule has 1 aliphatic rings. The molecule has 1 heterocycles. The van der Waals surface area contributed by atoms with E-state index in [4.69, 9.17) is 4.74 Å². The lowest BCUT2D eigenvalue weighted by atomic mass is 10.0. The van der Waals surface area contributed by atoms with Crippen LogP contribution in [0.3, 0.4) is 0 Å². The molecule has 4 nitrogen and oxygen atoms in total. The highest BCUT2D eigenvalue weighted by molar-refractivity contribution is 9.10. The van der Waals surface area contributed by atoms with Crippen molar-refractivity contribution < 1.29 is 9.53 Å². The number of hydrogen-bond donors (Lipinski definition) is 2. The summed E-state index contributed by atoms with van der Waals surface area (Å²) in [7, 11) is 0. The quantitative estimate of drug-likeness (QED) is 0.865. The van der Waals surface area contributed by atoms with E-state index in [-0.39, 0.29) is 17.9 Å². The Hall–Kier alpha value is -0.910. The number of rotatable bonds is 5. The van der Waals surface area contributed by atoms with Gasteiger partial charge in [-0.2, -0.15) is 0 Å². The molecule has 1 saturated heterocycles. The average Bonchev–Trinajstić information content (AvgIpc) is 2.86. The summed E-state index contributed by atoms with van der Waals surface area (Å²) in [6.45, 7) is 4.56. The average molecular weight is 327 g/mol. The second-order valence-corrected chi connectivity index (χ2v) is 5.57. The highest BCUT2D eigenvalue weighted by atomic mass is 79.9. The third kappa shape index (κ3) is 4.03. The molecular weight excluding hydrogens is 308 g/mol. The van der Waals surface area contributed by atoms with Gasteiger partial charge in [-0.25, -0.2) is 0 Å². The number of halogens is 1. The van der Waals surface area contributed by atoms with E-state index in [0.717, 1.165) is 16.6 Å². The minimum atomic E-state index is -0.0876. The molecule has 1 amide bonds. The van der Waals surface area contributed by atoms with Gasteiger partial charge in [-0.05, 0) is 24.2 Å². The minimum Gasteiger partial charge on any atom is -0.379 e. The number of ether oxygens (including phenoxy) is 1. The largest absolute Gasteiger partial charge is 0.379 e. The molecule has 2 unspecified atom stereocenters. The summed E-state index contributed by atoms with van der Waals surface area (Å²) in [4.78, 5) is 12.1. The van der Waals surface area contributed by atoms with Crippen molar-refractivity contribution in [3.05, 3.63) is 34.3 Å². The zero-order valence-electron chi connectivity index (χ0n) is 11.0. The summed E-state index contributed by atoms with van der Waals surface area (Å²) in [5.74, 6) is -0.0261. The molecule has 0 aliphatic carbocycles. The SMILES string of the molecule is CCNC1COCC1C(=O)NCc1ccc(Br)cc1. The van der Waals surface area contributed by atoms with Crippen molar-refractivity contribution in [2.45, 2.75) is 19.5 Å². The summed E-state index contributed by atoms with van der Waals surface area (Å²) < 4.78 is 6.42. The third-order valence-corrected chi connectivity index (χ3v) is 3.79. The number of carbonyl (C=O) groups excluding carboxylic acids is 1. The van der Waals surface area contributed by atoms with E-state index in [2.05, 4.69) is 26.6 Å². The summed E-state index contributed by atoms with van der Waals surface area (Å²) in [5, 5.41) is 6.26. The van der Waals surface area contributed by atoms with Crippen molar-refractivity contribution >= 4 is 21.8 Å². The zero-order chi connectivity index (χ0) is 13.7. The van der Waals surface area contributed by atoms with Gasteiger partial charge in [-0.15, -0.1) is 0 Å². The number of carbonyl (C=O) groups is 1. The zero-order valence-corrected chi connectivity index (χ0v) is 12.6. The second-order valence-electron chi connectivity index (χ2n) is 4.65. The van der Waals surface area contributed by atoms with Gasteiger partial charge in [0, 0.05) is 17.1 Å². The molecule has 2 atom stereocenters. The molecule has 0 radical (unpaired) electrons. The van der Waals surface area contributed by atoms with Crippen molar-refractivity contribution in [3.63, 3.8) is 0 Å². The standard InChI is InChI=1S/C14H19BrN2O2/c1-2-16-13-9-19-8-12(13)14(18)17-7-10-3-5-11(15)6-4-10/h3-6,12-13,16H,2,7-9H2,1H3,(H,17,18). The van der Waals surface area contributed by atoms with Gasteiger partial charge in [-0.3, -0.25) is 4.79 Å². The van der Waals surface area contributed by atoms with Crippen molar-refractivity contribution in [1.82, 2.24) is 10.6 Å². The fourth-order valence-electron chi connectivity index (χ4n) is 2.20. The van der Waals surface area contributed by atoms with E-state index in [1.54, 1.807) is 0 Å². The summed E-state index contributed by atoms with van der Waals surface area (Å²) in [5.41, 5.74) is 1.09. The molecule has 1 aromatic carbocycles. The maximum atomic E-state index is 12.1.